The van der Waals surface area contributed by atoms with Gasteiger partial charge in [-0.15, -0.1) is 0 Å². The number of carbonyl (C=O) groups is 3. The average molecular weight is 358 g/mol. The third-order valence-corrected chi connectivity index (χ3v) is 3.58. The summed E-state index contributed by atoms with van der Waals surface area (Å²) in [6.45, 7) is -0.424. The van der Waals surface area contributed by atoms with Crippen molar-refractivity contribution < 1.29 is 33.3 Å². The van der Waals surface area contributed by atoms with Crippen molar-refractivity contribution in [2.24, 2.45) is 0 Å². The van der Waals surface area contributed by atoms with Crippen LogP contribution in [0.25, 0.3) is 0 Å². The van der Waals surface area contributed by atoms with Crippen molar-refractivity contribution in [2.75, 3.05) is 27.9 Å². The van der Waals surface area contributed by atoms with Gasteiger partial charge in [-0.2, -0.15) is 0 Å². The maximum atomic E-state index is 12.2. The zero-order valence-electron chi connectivity index (χ0n) is 14.6. The lowest BCUT2D eigenvalue weighted by Crippen LogP contribution is -2.14. The van der Waals surface area contributed by atoms with Gasteiger partial charge in [-0.05, 0) is 42.5 Å². The van der Waals surface area contributed by atoms with Crippen LogP contribution in [-0.2, 0) is 9.47 Å². The molecule has 0 atom stereocenters. The molecule has 0 spiro atoms. The molecule has 7 heteroatoms. The minimum Gasteiger partial charge on any atom is -0.493 e. The highest BCUT2D eigenvalue weighted by molar-refractivity contribution is 6.00. The van der Waals surface area contributed by atoms with Crippen LogP contribution in [0.5, 0.6) is 11.5 Å². The lowest BCUT2D eigenvalue weighted by Gasteiger charge is -2.09. The highest BCUT2D eigenvalue weighted by Crippen LogP contribution is 2.27. The average Bonchev–Trinajstić information content (AvgIpc) is 2.70. The number of rotatable bonds is 7. The molecule has 0 heterocycles. The molecule has 136 valence electrons. The molecule has 0 aliphatic carbocycles. The van der Waals surface area contributed by atoms with E-state index in [2.05, 4.69) is 4.74 Å². The quantitative estimate of drug-likeness (QED) is 0.555. The van der Waals surface area contributed by atoms with E-state index in [0.717, 1.165) is 0 Å². The second-order valence-electron chi connectivity index (χ2n) is 5.14. The van der Waals surface area contributed by atoms with E-state index < -0.39 is 18.5 Å². The maximum Gasteiger partial charge on any atom is 0.338 e. The van der Waals surface area contributed by atoms with Gasteiger partial charge in [0.15, 0.2) is 23.9 Å². The fraction of sp³-hybridized carbons (Fsp3) is 0.211. The predicted molar refractivity (Wildman–Crippen MR) is 91.9 cm³/mol. The first-order valence-electron chi connectivity index (χ1n) is 7.61. The maximum absolute atomic E-state index is 12.2. The van der Waals surface area contributed by atoms with Crippen molar-refractivity contribution >= 4 is 17.7 Å². The van der Waals surface area contributed by atoms with Gasteiger partial charge < -0.3 is 18.9 Å². The van der Waals surface area contributed by atoms with Crippen LogP contribution in [-0.4, -0.2) is 45.7 Å². The monoisotopic (exact) mass is 358 g/mol. The number of carbonyl (C=O) groups excluding carboxylic acids is 3. The van der Waals surface area contributed by atoms with E-state index in [-0.39, 0.29) is 11.3 Å². The molecule has 0 radical (unpaired) electrons. The van der Waals surface area contributed by atoms with Crippen molar-refractivity contribution in [3.05, 3.63) is 59.2 Å². The second kappa shape index (κ2) is 8.66. The van der Waals surface area contributed by atoms with Gasteiger partial charge in [-0.1, -0.05) is 0 Å². The summed E-state index contributed by atoms with van der Waals surface area (Å²) in [5, 5.41) is 0. The van der Waals surface area contributed by atoms with Crippen LogP contribution < -0.4 is 9.47 Å². The standard InChI is InChI=1S/C19H18O7/c1-23-16-9-8-14(10-17(16)24-2)15(20)11-26-19(22)13-6-4-12(5-7-13)18(21)25-3/h4-10H,11H2,1-3H3. The van der Waals surface area contributed by atoms with Gasteiger partial charge in [0.1, 0.15) is 0 Å². The molecule has 2 rings (SSSR count). The molecule has 0 N–H and O–H groups in total. The molecule has 0 saturated heterocycles. The van der Waals surface area contributed by atoms with E-state index in [4.69, 9.17) is 14.2 Å². The van der Waals surface area contributed by atoms with Gasteiger partial charge >= 0.3 is 11.9 Å². The molecule has 0 aromatic heterocycles. The lowest BCUT2D eigenvalue weighted by atomic mass is 10.1. The number of methoxy groups -OCH3 is 3. The number of ether oxygens (including phenoxy) is 4. The van der Waals surface area contributed by atoms with E-state index in [9.17, 15) is 14.4 Å². The molecule has 26 heavy (non-hydrogen) atoms. The SMILES string of the molecule is COC(=O)c1ccc(C(=O)OCC(=O)c2ccc(OC)c(OC)c2)cc1. The molecular weight excluding hydrogens is 340 g/mol. The van der Waals surface area contributed by atoms with Crippen LogP contribution in [0.1, 0.15) is 31.1 Å². The zero-order chi connectivity index (χ0) is 19.1. The summed E-state index contributed by atoms with van der Waals surface area (Å²) in [4.78, 5) is 35.6. The van der Waals surface area contributed by atoms with Gasteiger partial charge in [0.05, 0.1) is 32.5 Å². The highest BCUT2D eigenvalue weighted by Gasteiger charge is 2.15. The van der Waals surface area contributed by atoms with Gasteiger partial charge in [0, 0.05) is 5.56 Å². The molecule has 2 aromatic rings. The van der Waals surface area contributed by atoms with Crippen LogP contribution in [0.3, 0.4) is 0 Å². The lowest BCUT2D eigenvalue weighted by molar-refractivity contribution is 0.0474. The van der Waals surface area contributed by atoms with Crippen LogP contribution >= 0.6 is 0 Å². The van der Waals surface area contributed by atoms with Gasteiger partial charge in [0.2, 0.25) is 0 Å². The number of Topliss-reactive ketones (excluding diaryl/α,β-unsaturated/α-hetero) is 1. The van der Waals surface area contributed by atoms with Crippen molar-refractivity contribution in [3.63, 3.8) is 0 Å². The molecule has 2 aromatic carbocycles. The normalized spacial score (nSPS) is 9.96. The molecule has 7 nitrogen and oxygen atoms in total. The third-order valence-electron chi connectivity index (χ3n) is 3.58. The first-order chi connectivity index (χ1) is 12.5. The summed E-state index contributed by atoms with van der Waals surface area (Å²) in [6.07, 6.45) is 0. The smallest absolute Gasteiger partial charge is 0.338 e. The molecule has 0 fully saturated rings. The number of benzene rings is 2. The number of hydrogen-bond donors (Lipinski definition) is 0. The van der Waals surface area contributed by atoms with E-state index in [0.29, 0.717) is 22.6 Å². The van der Waals surface area contributed by atoms with Crippen LogP contribution in [0.4, 0.5) is 0 Å². The summed E-state index contributed by atoms with van der Waals surface area (Å²) in [6, 6.07) is 10.4. The van der Waals surface area contributed by atoms with Gasteiger partial charge in [-0.3, -0.25) is 4.79 Å². The van der Waals surface area contributed by atoms with E-state index in [1.807, 2.05) is 0 Å². The molecule has 0 amide bonds. The third kappa shape index (κ3) is 4.38. The topological polar surface area (TPSA) is 88.1 Å². The predicted octanol–water partition coefficient (Wildman–Crippen LogP) is 2.53. The molecule has 0 unspecified atom stereocenters. The second-order valence-corrected chi connectivity index (χ2v) is 5.14. The van der Waals surface area contributed by atoms with E-state index in [1.54, 1.807) is 12.1 Å². The van der Waals surface area contributed by atoms with E-state index >= 15 is 0 Å². The Hall–Kier alpha value is -3.35. The summed E-state index contributed by atoms with van der Waals surface area (Å²) < 4.78 is 19.9. The van der Waals surface area contributed by atoms with Gasteiger partial charge in [-0.25, -0.2) is 9.59 Å². The summed E-state index contributed by atoms with van der Waals surface area (Å²) in [5.41, 5.74) is 0.861. The molecule has 0 aliphatic rings. The van der Waals surface area contributed by atoms with Gasteiger partial charge in [0.25, 0.3) is 0 Å². The fourth-order valence-electron chi connectivity index (χ4n) is 2.17. The Morgan fingerprint density at radius 1 is 0.731 bits per heavy atom. The minimum atomic E-state index is -0.671. The summed E-state index contributed by atoms with van der Waals surface area (Å²) in [7, 11) is 4.22. The van der Waals surface area contributed by atoms with Crippen LogP contribution in [0.2, 0.25) is 0 Å². The Kier molecular flexibility index (Phi) is 6.32. The van der Waals surface area contributed by atoms with Crippen molar-refractivity contribution in [2.45, 2.75) is 0 Å². The van der Waals surface area contributed by atoms with Crippen LogP contribution in [0.15, 0.2) is 42.5 Å². The summed E-state index contributed by atoms with van der Waals surface area (Å²) in [5.74, 6) is -0.663. The largest absolute Gasteiger partial charge is 0.493 e. The Balaban J connectivity index is 2.00. The Labute approximate surface area is 150 Å². The molecule has 0 aliphatic heterocycles. The van der Waals surface area contributed by atoms with Crippen molar-refractivity contribution in [1.29, 1.82) is 0 Å². The zero-order valence-corrected chi connectivity index (χ0v) is 14.6. The van der Waals surface area contributed by atoms with E-state index in [1.165, 1.54) is 51.7 Å². The highest BCUT2D eigenvalue weighted by atomic mass is 16.5. The van der Waals surface area contributed by atoms with Crippen LogP contribution in [0, 0.1) is 0 Å². The van der Waals surface area contributed by atoms with Crippen molar-refractivity contribution in [3.8, 4) is 11.5 Å². The molecular formula is C19H18O7. The molecule has 0 bridgehead atoms. The molecule has 0 saturated carbocycles. The minimum absolute atomic E-state index is 0.220. The fourth-order valence-corrected chi connectivity index (χ4v) is 2.17. The van der Waals surface area contributed by atoms with Crippen molar-refractivity contribution in [1.82, 2.24) is 0 Å². The number of esters is 2. The number of hydrogen-bond acceptors (Lipinski definition) is 7. The number of ketones is 1. The first kappa shape index (κ1) is 19.0. The Morgan fingerprint density at radius 2 is 1.27 bits per heavy atom. The Bertz CT molecular complexity index is 809. The summed E-state index contributed by atoms with van der Waals surface area (Å²) >= 11 is 0. The Morgan fingerprint density at radius 3 is 1.81 bits per heavy atom. The first-order valence-corrected chi connectivity index (χ1v) is 7.61.